The lowest BCUT2D eigenvalue weighted by molar-refractivity contribution is -0.142. The average Bonchev–Trinajstić information content (AvgIpc) is 3.13. The molecule has 1 aromatic carbocycles. The summed E-state index contributed by atoms with van der Waals surface area (Å²) in [5.74, 6) is 0.236. The van der Waals surface area contributed by atoms with Crippen molar-refractivity contribution in [3.63, 3.8) is 0 Å². The highest BCUT2D eigenvalue weighted by Crippen LogP contribution is 2.41. The number of carboxylic acids is 1. The number of methoxy groups -OCH3 is 1. The molecule has 0 radical (unpaired) electrons. The third-order valence-corrected chi connectivity index (χ3v) is 3.64. The molecule has 18 heavy (non-hydrogen) atoms. The van der Waals surface area contributed by atoms with Crippen LogP contribution in [0.15, 0.2) is 18.2 Å². The number of hydrogen-bond acceptors (Lipinski definition) is 3. The van der Waals surface area contributed by atoms with Crippen molar-refractivity contribution in [2.24, 2.45) is 5.92 Å². The Morgan fingerprint density at radius 3 is 2.61 bits per heavy atom. The molecule has 2 N–H and O–H groups in total. The highest BCUT2D eigenvalue weighted by atomic mass is 16.5. The number of anilines is 1. The Balaban J connectivity index is 2.22. The molecule has 98 valence electrons. The summed E-state index contributed by atoms with van der Waals surface area (Å²) in [7, 11) is 1.63. The van der Waals surface area contributed by atoms with Gasteiger partial charge in [0, 0.05) is 5.69 Å². The molecule has 1 fully saturated rings. The van der Waals surface area contributed by atoms with Gasteiger partial charge in [-0.15, -0.1) is 0 Å². The number of aliphatic carboxylic acids is 1. The van der Waals surface area contributed by atoms with Crippen LogP contribution in [0.5, 0.6) is 5.75 Å². The number of hydrogen-bond donors (Lipinski definition) is 2. The Bertz CT molecular complexity index is 468. The lowest BCUT2D eigenvalue weighted by atomic mass is 9.95. The van der Waals surface area contributed by atoms with Gasteiger partial charge in [0.1, 0.15) is 11.3 Å². The second-order valence-corrected chi connectivity index (χ2v) is 5.09. The van der Waals surface area contributed by atoms with E-state index in [0.29, 0.717) is 0 Å². The van der Waals surface area contributed by atoms with Crippen molar-refractivity contribution < 1.29 is 14.6 Å². The number of nitrogens with one attached hydrogen (secondary N) is 1. The molecular weight excluding hydrogens is 230 g/mol. The van der Waals surface area contributed by atoms with E-state index in [2.05, 4.69) is 5.32 Å². The van der Waals surface area contributed by atoms with Crippen molar-refractivity contribution in [3.8, 4) is 5.75 Å². The van der Waals surface area contributed by atoms with Crippen LogP contribution in [0.2, 0.25) is 0 Å². The third kappa shape index (κ3) is 2.28. The van der Waals surface area contributed by atoms with E-state index >= 15 is 0 Å². The van der Waals surface area contributed by atoms with E-state index in [1.165, 1.54) is 0 Å². The van der Waals surface area contributed by atoms with Crippen LogP contribution in [0, 0.1) is 12.8 Å². The Kier molecular flexibility index (Phi) is 3.20. The highest BCUT2D eigenvalue weighted by Gasteiger charge is 2.47. The number of rotatable bonds is 5. The van der Waals surface area contributed by atoms with E-state index in [1.54, 1.807) is 14.0 Å². The topological polar surface area (TPSA) is 58.6 Å². The molecule has 0 heterocycles. The van der Waals surface area contributed by atoms with Crippen LogP contribution in [0.25, 0.3) is 0 Å². The minimum Gasteiger partial charge on any atom is -0.496 e. The fourth-order valence-electron chi connectivity index (χ4n) is 2.25. The van der Waals surface area contributed by atoms with Crippen molar-refractivity contribution in [2.45, 2.75) is 32.2 Å². The molecule has 0 aliphatic heterocycles. The first-order chi connectivity index (χ1) is 8.47. The Morgan fingerprint density at radius 1 is 1.50 bits per heavy atom. The molecule has 0 spiro atoms. The summed E-state index contributed by atoms with van der Waals surface area (Å²) in [5, 5.41) is 12.5. The molecule has 0 aromatic heterocycles. The Hall–Kier alpha value is -1.71. The number of aryl methyl sites for hydroxylation is 1. The van der Waals surface area contributed by atoms with Crippen LogP contribution in [0.4, 0.5) is 5.69 Å². The molecule has 0 amide bonds. The smallest absolute Gasteiger partial charge is 0.329 e. The van der Waals surface area contributed by atoms with E-state index in [4.69, 9.17) is 4.74 Å². The fraction of sp³-hybridized carbons (Fsp3) is 0.500. The van der Waals surface area contributed by atoms with E-state index in [-0.39, 0.29) is 5.92 Å². The van der Waals surface area contributed by atoms with Crippen LogP contribution < -0.4 is 10.1 Å². The van der Waals surface area contributed by atoms with Crippen LogP contribution in [-0.2, 0) is 4.79 Å². The van der Waals surface area contributed by atoms with Crippen molar-refractivity contribution >= 4 is 11.7 Å². The Morgan fingerprint density at radius 2 is 2.17 bits per heavy atom. The second kappa shape index (κ2) is 4.52. The van der Waals surface area contributed by atoms with Crippen molar-refractivity contribution in [1.82, 2.24) is 0 Å². The summed E-state index contributed by atoms with van der Waals surface area (Å²) in [5.41, 5.74) is 0.942. The first-order valence-corrected chi connectivity index (χ1v) is 6.13. The van der Waals surface area contributed by atoms with Crippen LogP contribution in [0.3, 0.4) is 0 Å². The quantitative estimate of drug-likeness (QED) is 0.842. The van der Waals surface area contributed by atoms with Gasteiger partial charge in [0.05, 0.1) is 7.11 Å². The normalized spacial score (nSPS) is 17.9. The van der Waals surface area contributed by atoms with Crippen molar-refractivity contribution in [3.05, 3.63) is 23.8 Å². The zero-order valence-corrected chi connectivity index (χ0v) is 11.0. The molecule has 4 heteroatoms. The number of carboxylic acid groups (broad SMARTS) is 1. The van der Waals surface area contributed by atoms with E-state index < -0.39 is 11.5 Å². The van der Waals surface area contributed by atoms with Crippen molar-refractivity contribution in [2.75, 3.05) is 12.4 Å². The van der Waals surface area contributed by atoms with Gasteiger partial charge in [-0.3, -0.25) is 0 Å². The molecule has 0 saturated heterocycles. The second-order valence-electron chi connectivity index (χ2n) is 5.09. The van der Waals surface area contributed by atoms with Gasteiger partial charge in [-0.05, 0) is 56.4 Å². The molecule has 1 aliphatic carbocycles. The predicted molar refractivity (Wildman–Crippen MR) is 70.1 cm³/mol. The third-order valence-electron chi connectivity index (χ3n) is 3.64. The molecule has 4 nitrogen and oxygen atoms in total. The van der Waals surface area contributed by atoms with E-state index in [1.807, 2.05) is 25.1 Å². The van der Waals surface area contributed by atoms with E-state index in [9.17, 15) is 9.90 Å². The SMILES string of the molecule is COc1ccc(NC(C)(C(=O)O)C2CC2)cc1C. The Labute approximate surface area is 107 Å². The summed E-state index contributed by atoms with van der Waals surface area (Å²) in [6.07, 6.45) is 1.95. The first-order valence-electron chi connectivity index (χ1n) is 6.13. The fourth-order valence-corrected chi connectivity index (χ4v) is 2.25. The largest absolute Gasteiger partial charge is 0.496 e. The minimum absolute atomic E-state index is 0.220. The highest BCUT2D eigenvalue weighted by molar-refractivity contribution is 5.83. The van der Waals surface area contributed by atoms with Crippen LogP contribution >= 0.6 is 0 Å². The molecule has 1 aliphatic rings. The van der Waals surface area contributed by atoms with Gasteiger partial charge < -0.3 is 15.2 Å². The summed E-state index contributed by atoms with van der Waals surface area (Å²) in [6, 6.07) is 5.63. The average molecular weight is 249 g/mol. The molecule has 1 saturated carbocycles. The number of carbonyl (C=O) groups is 1. The summed E-state index contributed by atoms with van der Waals surface area (Å²) in [6.45, 7) is 3.70. The maximum atomic E-state index is 11.4. The maximum Gasteiger partial charge on any atom is 0.329 e. The lowest BCUT2D eigenvalue weighted by Crippen LogP contribution is -2.45. The standard InChI is InChI=1S/C14H19NO3/c1-9-8-11(6-7-12(9)18-3)15-14(2,13(16)17)10-4-5-10/h6-8,10,15H,4-5H2,1-3H3,(H,16,17). The van der Waals surface area contributed by atoms with Gasteiger partial charge in [-0.25, -0.2) is 4.79 Å². The summed E-state index contributed by atoms with van der Waals surface area (Å²) < 4.78 is 5.19. The monoisotopic (exact) mass is 249 g/mol. The number of ether oxygens (including phenoxy) is 1. The number of benzene rings is 1. The molecule has 2 rings (SSSR count). The first kappa shape index (κ1) is 12.7. The van der Waals surface area contributed by atoms with Crippen LogP contribution in [-0.4, -0.2) is 23.7 Å². The van der Waals surface area contributed by atoms with E-state index in [0.717, 1.165) is 29.8 Å². The van der Waals surface area contributed by atoms with Gasteiger partial charge in [-0.2, -0.15) is 0 Å². The zero-order chi connectivity index (χ0) is 13.3. The summed E-state index contributed by atoms with van der Waals surface area (Å²) in [4.78, 5) is 11.4. The molecule has 1 unspecified atom stereocenters. The zero-order valence-electron chi connectivity index (χ0n) is 11.0. The van der Waals surface area contributed by atoms with Gasteiger partial charge >= 0.3 is 5.97 Å². The minimum atomic E-state index is -0.874. The summed E-state index contributed by atoms with van der Waals surface area (Å²) >= 11 is 0. The van der Waals surface area contributed by atoms with Gasteiger partial charge in [0.25, 0.3) is 0 Å². The molecule has 1 atom stereocenters. The molecular formula is C14H19NO3. The van der Waals surface area contributed by atoms with Gasteiger partial charge in [0.15, 0.2) is 0 Å². The van der Waals surface area contributed by atoms with Gasteiger partial charge in [-0.1, -0.05) is 0 Å². The van der Waals surface area contributed by atoms with Gasteiger partial charge in [0.2, 0.25) is 0 Å². The lowest BCUT2D eigenvalue weighted by Gasteiger charge is -2.27. The van der Waals surface area contributed by atoms with Crippen LogP contribution in [0.1, 0.15) is 25.3 Å². The maximum absolute atomic E-state index is 11.4. The van der Waals surface area contributed by atoms with Crippen molar-refractivity contribution in [1.29, 1.82) is 0 Å². The predicted octanol–water partition coefficient (Wildman–Crippen LogP) is 2.67. The molecule has 0 bridgehead atoms. The molecule has 1 aromatic rings.